The first-order chi connectivity index (χ1) is 9.22. The number of pyridine rings is 1. The molecule has 0 atom stereocenters. The second-order valence-corrected chi connectivity index (χ2v) is 4.84. The van der Waals surface area contributed by atoms with Gasteiger partial charge in [-0.15, -0.1) is 0 Å². The van der Waals surface area contributed by atoms with E-state index in [0.717, 1.165) is 0 Å². The third-order valence-electron chi connectivity index (χ3n) is 2.59. The van der Waals surface area contributed by atoms with Crippen LogP contribution in [0.25, 0.3) is 0 Å². The Morgan fingerprint density at radius 1 is 1.20 bits per heavy atom. The highest BCUT2D eigenvalue weighted by atomic mass is 32.1. The van der Waals surface area contributed by atoms with Crippen molar-refractivity contribution in [2.75, 3.05) is 18.0 Å². The first-order valence-corrected chi connectivity index (χ1v) is 6.22. The van der Waals surface area contributed by atoms with Gasteiger partial charge in [-0.3, -0.25) is 14.6 Å². The average molecular weight is 295 g/mol. The van der Waals surface area contributed by atoms with E-state index in [0.29, 0.717) is 22.6 Å². The predicted molar refractivity (Wildman–Crippen MR) is 80.2 cm³/mol. The summed E-state index contributed by atoms with van der Waals surface area (Å²) in [4.78, 5) is 28.2. The van der Waals surface area contributed by atoms with Gasteiger partial charge in [0.15, 0.2) is 0 Å². The summed E-state index contributed by atoms with van der Waals surface area (Å²) in [6, 6.07) is 1.69. The third-order valence-corrected chi connectivity index (χ3v) is 2.79. The van der Waals surface area contributed by atoms with Crippen LogP contribution in [0.1, 0.15) is 17.0 Å². The maximum Gasteiger partial charge on any atom is 0.236 e. The summed E-state index contributed by atoms with van der Waals surface area (Å²) in [6.45, 7) is 3.20. The quantitative estimate of drug-likeness (QED) is 0.584. The number of primary amides is 2. The Kier molecular flexibility index (Phi) is 4.98. The van der Waals surface area contributed by atoms with Gasteiger partial charge >= 0.3 is 0 Å². The number of hydrogen-bond acceptors (Lipinski definition) is 5. The molecular formula is C12H17N5O2S. The predicted octanol–water partition coefficient (Wildman–Crippen LogP) is -0.890. The standard InChI is InChI=1S/C12H17N5O2S/c1-6-3-8(11(12(15)20)7(2)16-6)17(4-9(13)18)5-10(14)19/h3H,4-5H2,1-2H3,(H2,13,18)(H2,14,19)(H2,15,20). The molecule has 1 aromatic rings. The van der Waals surface area contributed by atoms with Gasteiger partial charge in [0.25, 0.3) is 0 Å². The van der Waals surface area contributed by atoms with Crippen LogP contribution < -0.4 is 22.1 Å². The largest absolute Gasteiger partial charge is 0.389 e. The summed E-state index contributed by atoms with van der Waals surface area (Å²) in [5.74, 6) is -1.18. The molecule has 0 aliphatic rings. The van der Waals surface area contributed by atoms with Crippen molar-refractivity contribution in [3.8, 4) is 0 Å². The number of hydrogen-bond donors (Lipinski definition) is 3. The average Bonchev–Trinajstić information content (AvgIpc) is 2.24. The van der Waals surface area contributed by atoms with Crippen LogP contribution in [0.2, 0.25) is 0 Å². The van der Waals surface area contributed by atoms with E-state index in [2.05, 4.69) is 4.98 Å². The zero-order valence-electron chi connectivity index (χ0n) is 11.3. The lowest BCUT2D eigenvalue weighted by atomic mass is 10.1. The van der Waals surface area contributed by atoms with Crippen molar-refractivity contribution in [3.05, 3.63) is 23.0 Å². The lowest BCUT2D eigenvalue weighted by Gasteiger charge is -2.25. The molecule has 0 spiro atoms. The first kappa shape index (κ1) is 15.8. The molecule has 2 amide bonds. The molecule has 0 aliphatic heterocycles. The number of nitrogens with zero attached hydrogens (tertiary/aromatic N) is 2. The Bertz CT molecular complexity index is 557. The number of thiocarbonyl (C=S) groups is 1. The number of nitrogens with two attached hydrogens (primary N) is 3. The smallest absolute Gasteiger partial charge is 0.236 e. The zero-order chi connectivity index (χ0) is 15.4. The van der Waals surface area contributed by atoms with Gasteiger partial charge in [-0.05, 0) is 19.9 Å². The Morgan fingerprint density at radius 3 is 2.10 bits per heavy atom. The van der Waals surface area contributed by atoms with E-state index in [1.165, 1.54) is 4.90 Å². The third kappa shape index (κ3) is 3.89. The van der Waals surface area contributed by atoms with Gasteiger partial charge < -0.3 is 22.1 Å². The molecule has 0 aliphatic carbocycles. The summed E-state index contributed by atoms with van der Waals surface area (Å²) in [7, 11) is 0. The Balaban J connectivity index is 3.40. The van der Waals surface area contributed by atoms with E-state index in [-0.39, 0.29) is 18.1 Å². The fraction of sp³-hybridized carbons (Fsp3) is 0.333. The number of amides is 2. The van der Waals surface area contributed by atoms with Crippen molar-refractivity contribution in [2.24, 2.45) is 17.2 Å². The molecule has 0 fully saturated rings. The lowest BCUT2D eigenvalue weighted by Crippen LogP contribution is -2.41. The molecule has 7 nitrogen and oxygen atoms in total. The second-order valence-electron chi connectivity index (χ2n) is 4.40. The highest BCUT2D eigenvalue weighted by Crippen LogP contribution is 2.23. The molecule has 8 heteroatoms. The number of rotatable bonds is 6. The molecule has 108 valence electrons. The van der Waals surface area contributed by atoms with Crippen molar-refractivity contribution in [2.45, 2.75) is 13.8 Å². The van der Waals surface area contributed by atoms with Crippen LogP contribution in [-0.4, -0.2) is 34.9 Å². The highest BCUT2D eigenvalue weighted by molar-refractivity contribution is 7.80. The molecule has 6 N–H and O–H groups in total. The molecular weight excluding hydrogens is 278 g/mol. The number of carbonyl (C=O) groups excluding carboxylic acids is 2. The summed E-state index contributed by atoms with van der Waals surface area (Å²) >= 11 is 5.01. The molecule has 0 radical (unpaired) electrons. The van der Waals surface area contributed by atoms with Gasteiger partial charge in [0.05, 0.1) is 24.3 Å². The van der Waals surface area contributed by atoms with Gasteiger partial charge in [0.1, 0.15) is 4.99 Å². The van der Waals surface area contributed by atoms with Crippen LogP contribution in [0.15, 0.2) is 6.07 Å². The van der Waals surface area contributed by atoms with Gasteiger partial charge in [-0.1, -0.05) is 12.2 Å². The Morgan fingerprint density at radius 2 is 1.70 bits per heavy atom. The normalized spacial score (nSPS) is 10.1. The minimum Gasteiger partial charge on any atom is -0.389 e. The van der Waals surface area contributed by atoms with E-state index in [4.69, 9.17) is 29.4 Å². The molecule has 20 heavy (non-hydrogen) atoms. The van der Waals surface area contributed by atoms with Gasteiger partial charge in [-0.2, -0.15) is 0 Å². The molecule has 0 saturated heterocycles. The summed E-state index contributed by atoms with van der Waals surface area (Å²) in [5, 5.41) is 0. The monoisotopic (exact) mass is 295 g/mol. The number of carbonyl (C=O) groups is 2. The lowest BCUT2D eigenvalue weighted by molar-refractivity contribution is -0.117. The minimum atomic E-state index is -0.591. The molecule has 0 unspecified atom stereocenters. The molecule has 0 saturated carbocycles. The number of anilines is 1. The first-order valence-electron chi connectivity index (χ1n) is 5.82. The van der Waals surface area contributed by atoms with E-state index in [1.807, 2.05) is 0 Å². The molecule has 1 rings (SSSR count). The fourth-order valence-electron chi connectivity index (χ4n) is 1.96. The van der Waals surface area contributed by atoms with Crippen molar-refractivity contribution in [1.82, 2.24) is 4.98 Å². The highest BCUT2D eigenvalue weighted by Gasteiger charge is 2.19. The van der Waals surface area contributed by atoms with Gasteiger partial charge in [0.2, 0.25) is 11.8 Å². The van der Waals surface area contributed by atoms with Crippen molar-refractivity contribution in [3.63, 3.8) is 0 Å². The van der Waals surface area contributed by atoms with Crippen LogP contribution in [0.3, 0.4) is 0 Å². The molecule has 1 aromatic heterocycles. The number of aryl methyl sites for hydroxylation is 2. The van der Waals surface area contributed by atoms with E-state index >= 15 is 0 Å². The van der Waals surface area contributed by atoms with E-state index in [9.17, 15) is 9.59 Å². The van der Waals surface area contributed by atoms with Crippen LogP contribution in [0, 0.1) is 13.8 Å². The zero-order valence-corrected chi connectivity index (χ0v) is 12.2. The van der Waals surface area contributed by atoms with Crippen LogP contribution >= 0.6 is 12.2 Å². The van der Waals surface area contributed by atoms with Crippen LogP contribution in [0.5, 0.6) is 0 Å². The SMILES string of the molecule is Cc1cc(N(CC(N)=O)CC(N)=O)c(C(N)=S)c(C)n1. The topological polar surface area (TPSA) is 128 Å². The molecule has 0 bridgehead atoms. The summed E-state index contributed by atoms with van der Waals surface area (Å²) in [5.41, 5.74) is 18.4. The fourth-order valence-corrected chi connectivity index (χ4v) is 2.22. The molecule has 0 aromatic carbocycles. The Hall–Kier alpha value is -2.22. The van der Waals surface area contributed by atoms with Crippen LogP contribution in [-0.2, 0) is 9.59 Å². The minimum absolute atomic E-state index is 0.129. The molecule has 1 heterocycles. The Labute approximate surface area is 122 Å². The van der Waals surface area contributed by atoms with E-state index in [1.54, 1.807) is 19.9 Å². The number of aromatic nitrogens is 1. The van der Waals surface area contributed by atoms with Gasteiger partial charge in [-0.25, -0.2) is 0 Å². The van der Waals surface area contributed by atoms with Crippen LogP contribution in [0.4, 0.5) is 5.69 Å². The van der Waals surface area contributed by atoms with Crippen molar-refractivity contribution < 1.29 is 9.59 Å². The summed E-state index contributed by atoms with van der Waals surface area (Å²) in [6.07, 6.45) is 0. The maximum atomic E-state index is 11.2. The van der Waals surface area contributed by atoms with Crippen molar-refractivity contribution in [1.29, 1.82) is 0 Å². The van der Waals surface area contributed by atoms with Gasteiger partial charge in [0, 0.05) is 11.4 Å². The second kappa shape index (κ2) is 6.29. The van der Waals surface area contributed by atoms with Crippen molar-refractivity contribution >= 4 is 34.7 Å². The van der Waals surface area contributed by atoms with E-state index < -0.39 is 11.8 Å². The summed E-state index contributed by atoms with van der Waals surface area (Å²) < 4.78 is 0. The maximum absolute atomic E-state index is 11.2.